The summed E-state index contributed by atoms with van der Waals surface area (Å²) >= 11 is 25.9. The summed E-state index contributed by atoms with van der Waals surface area (Å²) in [6.07, 6.45) is 0. The van der Waals surface area contributed by atoms with Gasteiger partial charge in [-0.15, -0.1) is 11.8 Å². The Labute approximate surface area is 213 Å². The highest BCUT2D eigenvalue weighted by atomic mass is 35.5. The highest BCUT2D eigenvalue weighted by Crippen LogP contribution is 2.26. The van der Waals surface area contributed by atoms with Gasteiger partial charge < -0.3 is 10.2 Å². The van der Waals surface area contributed by atoms with Gasteiger partial charge in [-0.25, -0.2) is 0 Å². The number of benzene rings is 2. The van der Waals surface area contributed by atoms with E-state index in [-0.39, 0.29) is 24.1 Å². The molecule has 0 saturated heterocycles. The molecule has 174 valence electrons. The summed E-state index contributed by atoms with van der Waals surface area (Å²) < 4.78 is 0. The molecule has 0 unspecified atom stereocenters. The van der Waals surface area contributed by atoms with Crippen molar-refractivity contribution in [2.75, 3.05) is 12.3 Å². The van der Waals surface area contributed by atoms with E-state index in [2.05, 4.69) is 5.32 Å². The van der Waals surface area contributed by atoms with Crippen LogP contribution in [0.4, 0.5) is 0 Å². The average molecular weight is 536 g/mol. The zero-order valence-corrected chi connectivity index (χ0v) is 22.0. The molecule has 0 bridgehead atoms. The Morgan fingerprint density at radius 1 is 0.938 bits per heavy atom. The lowest BCUT2D eigenvalue weighted by atomic mass is 10.1. The van der Waals surface area contributed by atoms with Crippen molar-refractivity contribution < 1.29 is 9.59 Å². The summed E-state index contributed by atoms with van der Waals surface area (Å²) in [5.41, 5.74) is 1.61. The van der Waals surface area contributed by atoms with Gasteiger partial charge in [-0.3, -0.25) is 9.59 Å². The quantitative estimate of drug-likeness (QED) is 0.367. The Morgan fingerprint density at radius 3 is 2.03 bits per heavy atom. The largest absolute Gasteiger partial charge is 0.354 e. The molecule has 2 aromatic carbocycles. The molecule has 0 spiro atoms. The van der Waals surface area contributed by atoms with E-state index in [0.717, 1.165) is 11.1 Å². The molecule has 0 fully saturated rings. The summed E-state index contributed by atoms with van der Waals surface area (Å²) in [7, 11) is 0. The van der Waals surface area contributed by atoms with Crippen molar-refractivity contribution in [3.63, 3.8) is 0 Å². The first-order chi connectivity index (χ1) is 15.1. The summed E-state index contributed by atoms with van der Waals surface area (Å²) in [6.45, 7) is 6.49. The predicted molar refractivity (Wildman–Crippen MR) is 137 cm³/mol. The summed E-state index contributed by atoms with van der Waals surface area (Å²) in [4.78, 5) is 27.4. The second kappa shape index (κ2) is 13.0. The van der Waals surface area contributed by atoms with E-state index in [1.165, 1.54) is 11.8 Å². The van der Waals surface area contributed by atoms with Gasteiger partial charge >= 0.3 is 0 Å². The topological polar surface area (TPSA) is 49.4 Å². The summed E-state index contributed by atoms with van der Waals surface area (Å²) in [5.74, 6) is 0.666. The number of hydrogen-bond acceptors (Lipinski definition) is 3. The Kier molecular flexibility index (Phi) is 11.0. The third-order valence-electron chi connectivity index (χ3n) is 4.71. The molecule has 1 atom stereocenters. The van der Waals surface area contributed by atoms with E-state index >= 15 is 0 Å². The molecule has 32 heavy (non-hydrogen) atoms. The van der Waals surface area contributed by atoms with Crippen molar-refractivity contribution in [2.24, 2.45) is 5.92 Å². The van der Waals surface area contributed by atoms with Crippen LogP contribution in [0.3, 0.4) is 0 Å². The number of halogens is 4. The maximum atomic E-state index is 13.1. The smallest absolute Gasteiger partial charge is 0.242 e. The number of nitrogens with one attached hydrogen (secondary N) is 1. The molecule has 2 aromatic rings. The fourth-order valence-electron chi connectivity index (χ4n) is 2.84. The van der Waals surface area contributed by atoms with E-state index in [1.807, 2.05) is 19.9 Å². The number of hydrogen-bond donors (Lipinski definition) is 1. The molecule has 9 heteroatoms. The monoisotopic (exact) mass is 534 g/mol. The van der Waals surface area contributed by atoms with Crippen LogP contribution in [0.2, 0.25) is 20.1 Å². The van der Waals surface area contributed by atoms with Gasteiger partial charge in [0.1, 0.15) is 6.04 Å². The highest BCUT2D eigenvalue weighted by molar-refractivity contribution is 7.99. The molecule has 0 aliphatic rings. The number of carbonyl (C=O) groups is 2. The standard InChI is InChI=1S/C23H26Cl4N2O2S/c1-14(2)10-28-23(31)15(3)29(11-16-4-6-18(24)8-20(16)26)22(30)13-32-12-17-5-7-19(25)9-21(17)27/h4-9,14-15H,10-13H2,1-3H3,(H,28,31)/t15-/m1/s1. The van der Waals surface area contributed by atoms with Gasteiger partial charge in [-0.05, 0) is 48.2 Å². The van der Waals surface area contributed by atoms with Crippen LogP contribution in [-0.4, -0.2) is 35.1 Å². The van der Waals surface area contributed by atoms with Gasteiger partial charge in [0, 0.05) is 38.9 Å². The van der Waals surface area contributed by atoms with Crippen LogP contribution < -0.4 is 5.32 Å². The Bertz CT molecular complexity index is 956. The van der Waals surface area contributed by atoms with Crippen LogP contribution in [0, 0.1) is 5.92 Å². The van der Waals surface area contributed by atoms with Gasteiger partial charge in [-0.1, -0.05) is 72.4 Å². The minimum atomic E-state index is -0.660. The molecule has 0 radical (unpaired) electrons. The van der Waals surface area contributed by atoms with Gasteiger partial charge in [0.25, 0.3) is 0 Å². The third-order valence-corrected chi connectivity index (χ3v) is 6.85. The predicted octanol–water partition coefficient (Wildman–Crippen LogP) is 6.72. The van der Waals surface area contributed by atoms with Crippen LogP contribution in [0.15, 0.2) is 36.4 Å². The average Bonchev–Trinajstić information content (AvgIpc) is 2.72. The molecular formula is C23H26Cl4N2O2S. The van der Waals surface area contributed by atoms with Crippen molar-refractivity contribution in [2.45, 2.75) is 39.1 Å². The van der Waals surface area contributed by atoms with Crippen LogP contribution in [0.5, 0.6) is 0 Å². The van der Waals surface area contributed by atoms with Crippen molar-refractivity contribution >= 4 is 70.0 Å². The molecule has 0 saturated carbocycles. The van der Waals surface area contributed by atoms with Crippen LogP contribution >= 0.6 is 58.2 Å². The van der Waals surface area contributed by atoms with Gasteiger partial charge in [0.2, 0.25) is 11.8 Å². The van der Waals surface area contributed by atoms with Crippen molar-refractivity contribution in [3.05, 3.63) is 67.6 Å². The lowest BCUT2D eigenvalue weighted by Crippen LogP contribution is -2.48. The molecule has 0 heterocycles. The maximum absolute atomic E-state index is 13.1. The first kappa shape index (κ1) is 27.1. The molecule has 0 aromatic heterocycles. The van der Waals surface area contributed by atoms with Gasteiger partial charge in [-0.2, -0.15) is 0 Å². The van der Waals surface area contributed by atoms with E-state index in [4.69, 9.17) is 46.4 Å². The third kappa shape index (κ3) is 8.35. The van der Waals surface area contributed by atoms with Crippen molar-refractivity contribution in [1.82, 2.24) is 10.2 Å². The summed E-state index contributed by atoms with van der Waals surface area (Å²) in [6, 6.07) is 9.74. The zero-order valence-electron chi connectivity index (χ0n) is 18.1. The van der Waals surface area contributed by atoms with Crippen molar-refractivity contribution in [3.8, 4) is 0 Å². The molecule has 0 aliphatic carbocycles. The first-order valence-corrected chi connectivity index (χ1v) is 12.8. The van der Waals surface area contributed by atoms with E-state index in [0.29, 0.717) is 38.3 Å². The second-order valence-electron chi connectivity index (χ2n) is 7.80. The Hall–Kier alpha value is -1.11. The Balaban J connectivity index is 2.12. The van der Waals surface area contributed by atoms with Crippen LogP contribution in [0.1, 0.15) is 31.9 Å². The lowest BCUT2D eigenvalue weighted by molar-refractivity contribution is -0.138. The fraction of sp³-hybridized carbons (Fsp3) is 0.391. The molecule has 2 amide bonds. The second-order valence-corrected chi connectivity index (χ2v) is 10.5. The fourth-order valence-corrected chi connectivity index (χ4v) is 4.78. The van der Waals surface area contributed by atoms with E-state index in [9.17, 15) is 9.59 Å². The van der Waals surface area contributed by atoms with E-state index in [1.54, 1.807) is 42.2 Å². The normalized spacial score (nSPS) is 12.0. The lowest BCUT2D eigenvalue weighted by Gasteiger charge is -2.29. The van der Waals surface area contributed by atoms with Crippen LogP contribution in [0.25, 0.3) is 0 Å². The number of nitrogens with zero attached hydrogens (tertiary/aromatic N) is 1. The minimum absolute atomic E-state index is 0.168. The zero-order chi connectivity index (χ0) is 23.8. The minimum Gasteiger partial charge on any atom is -0.354 e. The maximum Gasteiger partial charge on any atom is 0.242 e. The van der Waals surface area contributed by atoms with E-state index < -0.39 is 6.04 Å². The first-order valence-electron chi connectivity index (χ1n) is 10.1. The molecule has 1 N–H and O–H groups in total. The summed E-state index contributed by atoms with van der Waals surface area (Å²) in [5, 5.41) is 4.98. The Morgan fingerprint density at radius 2 is 1.50 bits per heavy atom. The number of rotatable bonds is 10. The molecular weight excluding hydrogens is 510 g/mol. The SMILES string of the molecule is CC(C)CNC(=O)[C@@H](C)N(Cc1ccc(Cl)cc1Cl)C(=O)CSCc1ccc(Cl)cc1Cl. The van der Waals surface area contributed by atoms with Gasteiger partial charge in [0.15, 0.2) is 0 Å². The van der Waals surface area contributed by atoms with Gasteiger partial charge in [0.05, 0.1) is 5.75 Å². The molecule has 2 rings (SSSR count). The number of amides is 2. The van der Waals surface area contributed by atoms with Crippen molar-refractivity contribution in [1.29, 1.82) is 0 Å². The highest BCUT2D eigenvalue weighted by Gasteiger charge is 2.26. The number of carbonyl (C=O) groups excluding carboxylic acids is 2. The molecule has 4 nitrogen and oxygen atoms in total. The number of thioether (sulfide) groups is 1. The van der Waals surface area contributed by atoms with Crippen LogP contribution in [-0.2, 0) is 21.9 Å². The molecule has 0 aliphatic heterocycles.